The molecule has 0 aliphatic carbocycles. The Kier molecular flexibility index (Phi) is 4.63. The van der Waals surface area contributed by atoms with Gasteiger partial charge in [-0.25, -0.2) is 0 Å². The van der Waals surface area contributed by atoms with Crippen molar-refractivity contribution in [2.45, 2.75) is 19.4 Å². The summed E-state index contributed by atoms with van der Waals surface area (Å²) in [6.45, 7) is 1.89. The number of methoxy groups -OCH3 is 2. The third kappa shape index (κ3) is 3.27. The van der Waals surface area contributed by atoms with Crippen LogP contribution in [0.5, 0.6) is 11.5 Å². The molecule has 94 valence electrons. The molecule has 0 saturated carbocycles. The van der Waals surface area contributed by atoms with Crippen LogP contribution in [-0.4, -0.2) is 26.2 Å². The predicted octanol–water partition coefficient (Wildman–Crippen LogP) is 1.38. The number of hydrogen-bond donors (Lipinski definition) is 2. The monoisotopic (exact) mass is 238 g/mol. The Hall–Kier alpha value is -1.91. The lowest BCUT2D eigenvalue weighted by Crippen LogP contribution is -2.34. The molecule has 1 atom stereocenters. The lowest BCUT2D eigenvalue weighted by Gasteiger charge is -2.17. The van der Waals surface area contributed by atoms with Crippen LogP contribution in [0.15, 0.2) is 18.2 Å². The number of ether oxygens (including phenoxy) is 2. The maximum atomic E-state index is 11.2. The van der Waals surface area contributed by atoms with Gasteiger partial charge in [-0.05, 0) is 18.6 Å². The van der Waals surface area contributed by atoms with E-state index in [-0.39, 0.29) is 5.91 Å². The molecule has 0 spiro atoms. The molecule has 1 amide bonds. The molecule has 3 N–H and O–H groups in total. The Morgan fingerprint density at radius 1 is 1.41 bits per heavy atom. The lowest BCUT2D eigenvalue weighted by atomic mass is 10.2. The van der Waals surface area contributed by atoms with Crippen LogP contribution in [0.1, 0.15) is 13.3 Å². The molecule has 0 saturated heterocycles. The predicted molar refractivity (Wildman–Crippen MR) is 66.4 cm³/mol. The summed E-state index contributed by atoms with van der Waals surface area (Å²) in [6.07, 6.45) is 0.616. The number of nitrogens with one attached hydrogen (secondary N) is 1. The highest BCUT2D eigenvalue weighted by Crippen LogP contribution is 2.29. The van der Waals surface area contributed by atoms with Gasteiger partial charge in [0.25, 0.3) is 0 Å². The number of rotatable bonds is 6. The van der Waals surface area contributed by atoms with Gasteiger partial charge in [-0.3, -0.25) is 4.79 Å². The van der Waals surface area contributed by atoms with Crippen LogP contribution < -0.4 is 20.5 Å². The Labute approximate surface area is 101 Å². The number of amides is 1. The highest BCUT2D eigenvalue weighted by molar-refractivity contribution is 5.83. The second-order valence-corrected chi connectivity index (χ2v) is 3.57. The summed E-state index contributed by atoms with van der Waals surface area (Å²) in [5, 5.41) is 3.04. The zero-order valence-corrected chi connectivity index (χ0v) is 10.3. The molecule has 0 aliphatic heterocycles. The van der Waals surface area contributed by atoms with Crippen LogP contribution in [-0.2, 0) is 4.79 Å². The fourth-order valence-corrected chi connectivity index (χ4v) is 1.48. The van der Waals surface area contributed by atoms with E-state index in [1.165, 1.54) is 0 Å². The molecule has 5 nitrogen and oxygen atoms in total. The lowest BCUT2D eigenvalue weighted by molar-refractivity contribution is -0.118. The van der Waals surface area contributed by atoms with Gasteiger partial charge in [-0.15, -0.1) is 0 Å². The van der Waals surface area contributed by atoms with Crippen LogP contribution >= 0.6 is 0 Å². The van der Waals surface area contributed by atoms with Crippen LogP contribution in [0.3, 0.4) is 0 Å². The zero-order chi connectivity index (χ0) is 12.8. The fraction of sp³-hybridized carbons (Fsp3) is 0.417. The maximum absolute atomic E-state index is 11.2. The van der Waals surface area contributed by atoms with Gasteiger partial charge in [0.1, 0.15) is 17.5 Å². The van der Waals surface area contributed by atoms with E-state index in [9.17, 15) is 4.79 Å². The van der Waals surface area contributed by atoms with Crippen LogP contribution in [0.4, 0.5) is 5.69 Å². The van der Waals surface area contributed by atoms with Crippen molar-refractivity contribution in [3.8, 4) is 11.5 Å². The molecule has 0 heterocycles. The number of benzene rings is 1. The fourth-order valence-electron chi connectivity index (χ4n) is 1.48. The van der Waals surface area contributed by atoms with Crippen LogP contribution in [0.2, 0.25) is 0 Å². The number of hydrogen-bond acceptors (Lipinski definition) is 4. The van der Waals surface area contributed by atoms with E-state index in [2.05, 4.69) is 5.32 Å². The number of nitrogens with two attached hydrogens (primary N) is 1. The molecule has 0 aliphatic rings. The Morgan fingerprint density at radius 2 is 2.12 bits per heavy atom. The summed E-state index contributed by atoms with van der Waals surface area (Å²) in [4.78, 5) is 11.2. The van der Waals surface area contributed by atoms with Crippen molar-refractivity contribution in [1.82, 2.24) is 0 Å². The molecule has 1 aromatic rings. The molecular weight excluding hydrogens is 220 g/mol. The molecular formula is C12H18N2O3. The Bertz CT molecular complexity index is 393. The topological polar surface area (TPSA) is 73.6 Å². The minimum absolute atomic E-state index is 0.384. The molecule has 1 aromatic carbocycles. The average molecular weight is 238 g/mol. The van der Waals surface area contributed by atoms with E-state index in [0.29, 0.717) is 17.9 Å². The van der Waals surface area contributed by atoms with Crippen LogP contribution in [0, 0.1) is 0 Å². The number of carbonyl (C=O) groups is 1. The highest BCUT2D eigenvalue weighted by atomic mass is 16.5. The van der Waals surface area contributed by atoms with Crippen molar-refractivity contribution in [1.29, 1.82) is 0 Å². The van der Waals surface area contributed by atoms with E-state index >= 15 is 0 Å². The highest BCUT2D eigenvalue weighted by Gasteiger charge is 2.14. The number of anilines is 1. The van der Waals surface area contributed by atoms with Crippen LogP contribution in [0.25, 0.3) is 0 Å². The Balaban J connectivity index is 2.93. The molecule has 17 heavy (non-hydrogen) atoms. The smallest absolute Gasteiger partial charge is 0.239 e. The summed E-state index contributed by atoms with van der Waals surface area (Å²) in [6, 6.07) is 4.93. The van der Waals surface area contributed by atoms with E-state index in [1.54, 1.807) is 32.4 Å². The minimum atomic E-state index is -0.405. The van der Waals surface area contributed by atoms with E-state index < -0.39 is 6.04 Å². The molecule has 1 rings (SSSR count). The summed E-state index contributed by atoms with van der Waals surface area (Å²) >= 11 is 0. The molecule has 1 unspecified atom stereocenters. The van der Waals surface area contributed by atoms with Gasteiger partial charge >= 0.3 is 0 Å². The Morgan fingerprint density at radius 3 is 2.59 bits per heavy atom. The first kappa shape index (κ1) is 13.2. The van der Waals surface area contributed by atoms with Gasteiger partial charge in [0, 0.05) is 6.07 Å². The third-order valence-electron chi connectivity index (χ3n) is 2.49. The molecule has 0 aromatic heterocycles. The first-order chi connectivity index (χ1) is 8.12. The quantitative estimate of drug-likeness (QED) is 0.785. The molecule has 5 heteroatoms. The SMILES string of the molecule is CCC(Nc1ccc(OC)cc1OC)C(N)=O. The van der Waals surface area contributed by atoms with Crippen molar-refractivity contribution in [2.24, 2.45) is 5.73 Å². The third-order valence-corrected chi connectivity index (χ3v) is 2.49. The molecule has 0 bridgehead atoms. The minimum Gasteiger partial charge on any atom is -0.497 e. The van der Waals surface area contributed by atoms with E-state index in [0.717, 1.165) is 5.69 Å². The molecule has 0 radical (unpaired) electrons. The van der Waals surface area contributed by atoms with Crippen molar-refractivity contribution in [3.05, 3.63) is 18.2 Å². The van der Waals surface area contributed by atoms with Gasteiger partial charge in [0.15, 0.2) is 0 Å². The standard InChI is InChI=1S/C12H18N2O3/c1-4-9(12(13)15)14-10-6-5-8(16-2)7-11(10)17-3/h5-7,9,14H,4H2,1-3H3,(H2,13,15). The number of primary amides is 1. The largest absolute Gasteiger partial charge is 0.497 e. The molecule has 0 fully saturated rings. The number of carbonyl (C=O) groups excluding carboxylic acids is 1. The van der Waals surface area contributed by atoms with Gasteiger partial charge < -0.3 is 20.5 Å². The van der Waals surface area contributed by atoms with Crippen molar-refractivity contribution < 1.29 is 14.3 Å². The second kappa shape index (κ2) is 5.98. The van der Waals surface area contributed by atoms with Crippen molar-refractivity contribution in [3.63, 3.8) is 0 Å². The second-order valence-electron chi connectivity index (χ2n) is 3.57. The van der Waals surface area contributed by atoms with E-state index in [1.807, 2.05) is 6.92 Å². The van der Waals surface area contributed by atoms with Crippen molar-refractivity contribution >= 4 is 11.6 Å². The first-order valence-corrected chi connectivity index (χ1v) is 5.40. The summed E-state index contributed by atoms with van der Waals surface area (Å²) < 4.78 is 10.3. The van der Waals surface area contributed by atoms with Gasteiger partial charge in [-0.2, -0.15) is 0 Å². The van der Waals surface area contributed by atoms with Crippen molar-refractivity contribution in [2.75, 3.05) is 19.5 Å². The van der Waals surface area contributed by atoms with Gasteiger partial charge in [-0.1, -0.05) is 6.92 Å². The van der Waals surface area contributed by atoms with Gasteiger partial charge in [0.2, 0.25) is 5.91 Å². The summed E-state index contributed by atoms with van der Waals surface area (Å²) in [5.74, 6) is 0.925. The zero-order valence-electron chi connectivity index (χ0n) is 10.3. The average Bonchev–Trinajstić information content (AvgIpc) is 2.35. The van der Waals surface area contributed by atoms with Gasteiger partial charge in [0.05, 0.1) is 19.9 Å². The normalized spacial score (nSPS) is 11.7. The van der Waals surface area contributed by atoms with E-state index in [4.69, 9.17) is 15.2 Å². The summed E-state index contributed by atoms with van der Waals surface area (Å²) in [5.41, 5.74) is 6.00. The first-order valence-electron chi connectivity index (χ1n) is 5.40. The summed E-state index contributed by atoms with van der Waals surface area (Å²) in [7, 11) is 3.14. The maximum Gasteiger partial charge on any atom is 0.239 e.